The Hall–Kier alpha value is -3.40. The molecule has 0 amide bonds. The third-order valence-corrected chi connectivity index (χ3v) is 4.38. The van der Waals surface area contributed by atoms with Gasteiger partial charge in [-0.15, -0.1) is 0 Å². The minimum absolute atomic E-state index is 0.0192. The zero-order valence-corrected chi connectivity index (χ0v) is 18.1. The molecular weight excluding hydrogens is 400 g/mol. The lowest BCUT2D eigenvalue weighted by molar-refractivity contribution is -0.172. The van der Waals surface area contributed by atoms with Crippen molar-refractivity contribution in [3.63, 3.8) is 0 Å². The van der Waals surface area contributed by atoms with Gasteiger partial charge in [0, 0.05) is 18.1 Å². The van der Waals surface area contributed by atoms with E-state index in [1.165, 1.54) is 13.2 Å². The van der Waals surface area contributed by atoms with Crippen molar-refractivity contribution >= 4 is 23.7 Å². The van der Waals surface area contributed by atoms with Crippen molar-refractivity contribution in [1.82, 2.24) is 0 Å². The molecule has 31 heavy (non-hydrogen) atoms. The molecule has 0 aliphatic rings. The summed E-state index contributed by atoms with van der Waals surface area (Å²) in [7, 11) is 1.21. The Morgan fingerprint density at radius 3 is 2.16 bits per heavy atom. The molecular formula is C24H28O7. The molecule has 7 nitrogen and oxygen atoms in total. The second-order valence-electron chi connectivity index (χ2n) is 6.54. The molecule has 1 aromatic carbocycles. The van der Waals surface area contributed by atoms with Crippen LogP contribution in [0.25, 0.3) is 0 Å². The van der Waals surface area contributed by atoms with Crippen molar-refractivity contribution < 1.29 is 33.4 Å². The smallest absolute Gasteiger partial charge is 0.330 e. The summed E-state index contributed by atoms with van der Waals surface area (Å²) in [5.74, 6) is 3.25. The van der Waals surface area contributed by atoms with E-state index in [0.717, 1.165) is 11.6 Å². The highest BCUT2D eigenvalue weighted by atomic mass is 16.6. The van der Waals surface area contributed by atoms with Crippen LogP contribution < -0.4 is 0 Å². The Kier molecular flexibility index (Phi) is 11.4. The molecule has 0 saturated carbocycles. The zero-order chi connectivity index (χ0) is 23.1. The van der Waals surface area contributed by atoms with E-state index in [2.05, 4.69) is 16.6 Å². The van der Waals surface area contributed by atoms with Gasteiger partial charge in [0.15, 0.2) is 5.41 Å². The van der Waals surface area contributed by atoms with Crippen LogP contribution in [0.2, 0.25) is 0 Å². The Balaban J connectivity index is 2.99. The molecule has 0 radical (unpaired) electrons. The predicted octanol–water partition coefficient (Wildman–Crippen LogP) is 3.01. The van der Waals surface area contributed by atoms with Crippen LogP contribution in [0.15, 0.2) is 42.5 Å². The van der Waals surface area contributed by atoms with Crippen LogP contribution in [0.5, 0.6) is 0 Å². The third-order valence-electron chi connectivity index (χ3n) is 4.38. The molecule has 166 valence electrons. The Bertz CT molecular complexity index is 826. The number of ketones is 1. The minimum atomic E-state index is -1.74. The summed E-state index contributed by atoms with van der Waals surface area (Å²) < 4.78 is 14.7. The fourth-order valence-corrected chi connectivity index (χ4v) is 2.73. The topological polar surface area (TPSA) is 96.0 Å². The molecule has 0 bridgehead atoms. The van der Waals surface area contributed by atoms with Gasteiger partial charge in [0.05, 0.1) is 26.7 Å². The van der Waals surface area contributed by atoms with Crippen LogP contribution in [-0.2, 0) is 33.4 Å². The van der Waals surface area contributed by atoms with E-state index >= 15 is 0 Å². The van der Waals surface area contributed by atoms with Gasteiger partial charge in [0.1, 0.15) is 5.78 Å². The van der Waals surface area contributed by atoms with E-state index in [1.54, 1.807) is 13.8 Å². The summed E-state index contributed by atoms with van der Waals surface area (Å²) in [6.45, 7) is 3.33. The maximum absolute atomic E-state index is 12.7. The molecule has 0 heterocycles. The number of hydrogen-bond donors (Lipinski definition) is 0. The maximum atomic E-state index is 12.7. The zero-order valence-electron chi connectivity index (χ0n) is 18.1. The maximum Gasteiger partial charge on any atom is 0.330 e. The monoisotopic (exact) mass is 428 g/mol. The molecule has 0 unspecified atom stereocenters. The summed E-state index contributed by atoms with van der Waals surface area (Å²) in [6.07, 6.45) is 2.08. The highest BCUT2D eigenvalue weighted by Gasteiger charge is 2.48. The summed E-state index contributed by atoms with van der Waals surface area (Å²) in [5.41, 5.74) is -0.949. The third kappa shape index (κ3) is 8.47. The molecule has 0 saturated heterocycles. The number of carbonyl (C=O) groups excluding carboxylic acids is 4. The Labute approximate surface area is 182 Å². The summed E-state index contributed by atoms with van der Waals surface area (Å²) in [6, 6.07) is 9.23. The first-order chi connectivity index (χ1) is 14.9. The number of methoxy groups -OCH3 is 1. The van der Waals surface area contributed by atoms with Crippen molar-refractivity contribution in [2.75, 3.05) is 20.3 Å². The van der Waals surface area contributed by atoms with Crippen LogP contribution in [0, 0.1) is 17.3 Å². The molecule has 7 heteroatoms. The summed E-state index contributed by atoms with van der Waals surface area (Å²) >= 11 is 0. The Morgan fingerprint density at radius 1 is 1.00 bits per heavy atom. The highest BCUT2D eigenvalue weighted by Crippen LogP contribution is 2.33. The van der Waals surface area contributed by atoms with E-state index in [0.29, 0.717) is 0 Å². The van der Waals surface area contributed by atoms with Gasteiger partial charge >= 0.3 is 17.9 Å². The van der Waals surface area contributed by atoms with E-state index in [-0.39, 0.29) is 44.7 Å². The minimum Gasteiger partial charge on any atom is -0.466 e. The standard InChI is InChI=1S/C24H28O7/c1-4-30-22(27)24(23(28)31-5-2,17-10-15-21(26)29-3)18-16-20(25)14-9-13-19-11-7-6-8-12-19/h6-8,10-12,15H,4-5,14,16-18H2,1-3H3/b15-10+. The van der Waals surface area contributed by atoms with E-state index in [1.807, 2.05) is 30.3 Å². The van der Waals surface area contributed by atoms with Gasteiger partial charge in [0.25, 0.3) is 0 Å². The molecule has 1 rings (SSSR count). The van der Waals surface area contributed by atoms with Crippen LogP contribution in [0.1, 0.15) is 45.1 Å². The lowest BCUT2D eigenvalue weighted by atomic mass is 9.79. The first-order valence-electron chi connectivity index (χ1n) is 10.0. The van der Waals surface area contributed by atoms with Gasteiger partial charge in [-0.25, -0.2) is 4.79 Å². The number of Topliss-reactive ketones (excluding diaryl/α,β-unsaturated/α-hetero) is 1. The van der Waals surface area contributed by atoms with Gasteiger partial charge in [0.2, 0.25) is 0 Å². The number of carbonyl (C=O) groups is 4. The number of ether oxygens (including phenoxy) is 3. The fraction of sp³-hybridized carbons (Fsp3) is 0.417. The summed E-state index contributed by atoms with van der Waals surface area (Å²) in [4.78, 5) is 49.2. The molecule has 0 spiro atoms. The van der Waals surface area contributed by atoms with Crippen LogP contribution in [-0.4, -0.2) is 44.0 Å². The second-order valence-corrected chi connectivity index (χ2v) is 6.54. The van der Waals surface area contributed by atoms with Crippen LogP contribution in [0.3, 0.4) is 0 Å². The van der Waals surface area contributed by atoms with Crippen LogP contribution >= 0.6 is 0 Å². The normalized spacial score (nSPS) is 10.7. The molecule has 0 aromatic heterocycles. The van der Waals surface area contributed by atoms with Gasteiger partial charge in [-0.05, 0) is 38.8 Å². The van der Waals surface area contributed by atoms with Crippen molar-refractivity contribution in [1.29, 1.82) is 0 Å². The van der Waals surface area contributed by atoms with E-state index in [4.69, 9.17) is 9.47 Å². The average molecular weight is 428 g/mol. The van der Waals surface area contributed by atoms with Crippen molar-refractivity contribution in [2.45, 2.75) is 39.5 Å². The van der Waals surface area contributed by atoms with Gasteiger partial charge < -0.3 is 14.2 Å². The quantitative estimate of drug-likeness (QED) is 0.176. The number of allylic oxidation sites excluding steroid dienone is 1. The molecule has 1 aromatic rings. The van der Waals surface area contributed by atoms with Crippen LogP contribution in [0.4, 0.5) is 0 Å². The number of rotatable bonds is 11. The van der Waals surface area contributed by atoms with Gasteiger partial charge in [-0.3, -0.25) is 14.4 Å². The van der Waals surface area contributed by atoms with Gasteiger partial charge in [-0.2, -0.15) is 0 Å². The van der Waals surface area contributed by atoms with Crippen molar-refractivity contribution in [3.05, 3.63) is 48.0 Å². The highest BCUT2D eigenvalue weighted by molar-refractivity contribution is 6.01. The summed E-state index contributed by atoms with van der Waals surface area (Å²) in [5, 5.41) is 0. The lowest BCUT2D eigenvalue weighted by Gasteiger charge is -2.27. The first kappa shape index (κ1) is 25.6. The van der Waals surface area contributed by atoms with Gasteiger partial charge in [-0.1, -0.05) is 36.1 Å². The SMILES string of the molecule is CCOC(=O)C(C/C=C/C(=O)OC)(CCC(=O)CC#Cc1ccccc1)C(=O)OCC. The number of hydrogen-bond acceptors (Lipinski definition) is 7. The fourth-order valence-electron chi connectivity index (χ4n) is 2.73. The largest absolute Gasteiger partial charge is 0.466 e. The van der Waals surface area contributed by atoms with Crippen molar-refractivity contribution in [3.8, 4) is 11.8 Å². The second kappa shape index (κ2) is 13.8. The van der Waals surface area contributed by atoms with Crippen molar-refractivity contribution in [2.24, 2.45) is 5.41 Å². The van der Waals surface area contributed by atoms with E-state index in [9.17, 15) is 19.2 Å². The molecule has 0 atom stereocenters. The average Bonchev–Trinajstić information content (AvgIpc) is 2.77. The Morgan fingerprint density at radius 2 is 1.61 bits per heavy atom. The first-order valence-corrected chi connectivity index (χ1v) is 10.0. The number of esters is 3. The molecule has 0 aliphatic carbocycles. The van der Waals surface area contributed by atoms with E-state index < -0.39 is 23.3 Å². The number of benzene rings is 1. The lowest BCUT2D eigenvalue weighted by Crippen LogP contribution is -2.42. The molecule has 0 aliphatic heterocycles. The molecule has 0 N–H and O–H groups in total. The predicted molar refractivity (Wildman–Crippen MR) is 114 cm³/mol. The molecule has 0 fully saturated rings.